The Morgan fingerprint density at radius 1 is 1.14 bits per heavy atom. The number of carbonyl (C=O) groups is 2. The molecule has 0 aliphatic rings. The Labute approximate surface area is 157 Å². The molecule has 2 aromatic carbocycles. The van der Waals surface area contributed by atoms with E-state index >= 15 is 0 Å². The van der Waals surface area contributed by atoms with Gasteiger partial charge in [0.2, 0.25) is 0 Å². The highest BCUT2D eigenvalue weighted by Gasteiger charge is 2.30. The van der Waals surface area contributed by atoms with E-state index in [2.05, 4.69) is 20.6 Å². The van der Waals surface area contributed by atoms with Crippen molar-refractivity contribution in [2.24, 2.45) is 5.16 Å². The van der Waals surface area contributed by atoms with Crippen LogP contribution in [0, 0.1) is 12.7 Å². The lowest BCUT2D eigenvalue weighted by atomic mass is 10.2. The predicted molar refractivity (Wildman–Crippen MR) is 94.3 cm³/mol. The number of rotatable bonds is 6. The van der Waals surface area contributed by atoms with Gasteiger partial charge in [0.1, 0.15) is 12.0 Å². The summed E-state index contributed by atoms with van der Waals surface area (Å²) in [6.45, 7) is 1.12. The van der Waals surface area contributed by atoms with Crippen LogP contribution in [0.25, 0.3) is 0 Å². The maximum atomic E-state index is 13.1. The second-order valence-corrected chi connectivity index (χ2v) is 5.58. The van der Waals surface area contributed by atoms with Crippen molar-refractivity contribution >= 4 is 29.4 Å². The molecule has 0 aromatic heterocycles. The van der Waals surface area contributed by atoms with Crippen molar-refractivity contribution in [2.45, 2.75) is 13.1 Å². The van der Waals surface area contributed by atoms with Crippen LogP contribution in [-0.2, 0) is 20.6 Å². The van der Waals surface area contributed by atoms with Gasteiger partial charge in [-0.3, -0.25) is 9.59 Å². The van der Waals surface area contributed by atoms with Gasteiger partial charge < -0.3 is 15.5 Å². The Morgan fingerprint density at radius 3 is 2.61 bits per heavy atom. The molecule has 0 saturated carbocycles. The molecule has 28 heavy (non-hydrogen) atoms. The van der Waals surface area contributed by atoms with E-state index in [4.69, 9.17) is 0 Å². The topological polar surface area (TPSA) is 79.8 Å². The van der Waals surface area contributed by atoms with Crippen LogP contribution >= 0.6 is 0 Å². The average molecular weight is 397 g/mol. The number of benzene rings is 2. The van der Waals surface area contributed by atoms with E-state index in [0.29, 0.717) is 11.8 Å². The minimum absolute atomic E-state index is 0.0782. The number of hydrogen-bond acceptors (Lipinski definition) is 4. The molecular formula is C18H15F4N3O3. The summed E-state index contributed by atoms with van der Waals surface area (Å²) >= 11 is 0. The third-order valence-electron chi connectivity index (χ3n) is 3.37. The number of halogens is 4. The fourth-order valence-electron chi connectivity index (χ4n) is 2.04. The summed E-state index contributed by atoms with van der Waals surface area (Å²) in [6.07, 6.45) is -3.87. The predicted octanol–water partition coefficient (Wildman–Crippen LogP) is 3.73. The molecule has 148 valence electrons. The summed E-state index contributed by atoms with van der Waals surface area (Å²) in [6, 6.07) is 7.92. The molecule has 0 atom stereocenters. The number of anilines is 2. The van der Waals surface area contributed by atoms with Crippen molar-refractivity contribution in [3.8, 4) is 0 Å². The van der Waals surface area contributed by atoms with Gasteiger partial charge >= 0.3 is 6.18 Å². The second kappa shape index (κ2) is 8.98. The van der Waals surface area contributed by atoms with Crippen molar-refractivity contribution in [1.82, 2.24) is 0 Å². The standard InChI is InChI=1S/C18H15F4N3O3/c1-11-5-6-13(19)8-15(11)25-17(27)10-28-23-9-16(26)24-14-4-2-3-12(7-14)18(20,21)22/h2-9H,10H2,1H3,(H,24,26)(H,25,27)/b23-9+. The first-order valence-electron chi connectivity index (χ1n) is 7.85. The van der Waals surface area contributed by atoms with Gasteiger partial charge in [-0.2, -0.15) is 13.2 Å². The van der Waals surface area contributed by atoms with Gasteiger partial charge in [0.05, 0.1) is 5.56 Å². The van der Waals surface area contributed by atoms with E-state index in [0.717, 1.165) is 24.3 Å². The molecule has 2 amide bonds. The van der Waals surface area contributed by atoms with Crippen LogP contribution < -0.4 is 10.6 Å². The first-order valence-corrected chi connectivity index (χ1v) is 7.85. The van der Waals surface area contributed by atoms with Gasteiger partial charge in [0.15, 0.2) is 6.61 Å². The minimum atomic E-state index is -4.54. The summed E-state index contributed by atoms with van der Waals surface area (Å²) in [7, 11) is 0. The number of nitrogens with zero attached hydrogens (tertiary/aromatic N) is 1. The molecule has 0 spiro atoms. The Bertz CT molecular complexity index is 898. The van der Waals surface area contributed by atoms with Gasteiger partial charge in [0, 0.05) is 11.4 Å². The van der Waals surface area contributed by atoms with Crippen molar-refractivity contribution in [1.29, 1.82) is 0 Å². The molecule has 0 radical (unpaired) electrons. The van der Waals surface area contributed by atoms with Crippen LogP contribution in [0.1, 0.15) is 11.1 Å². The summed E-state index contributed by atoms with van der Waals surface area (Å²) in [5.74, 6) is -2.00. The Kier molecular flexibility index (Phi) is 6.69. The molecule has 2 rings (SSSR count). The fourth-order valence-corrected chi connectivity index (χ4v) is 2.04. The van der Waals surface area contributed by atoms with Gasteiger partial charge in [0.25, 0.3) is 11.8 Å². The molecule has 2 aromatic rings. The zero-order valence-electron chi connectivity index (χ0n) is 14.5. The van der Waals surface area contributed by atoms with Crippen molar-refractivity contribution in [3.63, 3.8) is 0 Å². The number of carbonyl (C=O) groups excluding carboxylic acids is 2. The minimum Gasteiger partial charge on any atom is -0.385 e. The first-order chi connectivity index (χ1) is 13.1. The average Bonchev–Trinajstić information content (AvgIpc) is 2.61. The third-order valence-corrected chi connectivity index (χ3v) is 3.37. The van der Waals surface area contributed by atoms with Gasteiger partial charge in [-0.05, 0) is 42.8 Å². The summed E-state index contributed by atoms with van der Waals surface area (Å²) in [5.41, 5.74) is -0.0908. The SMILES string of the molecule is Cc1ccc(F)cc1NC(=O)CO/N=C/C(=O)Nc1cccc(C(F)(F)F)c1. The van der Waals surface area contributed by atoms with E-state index in [1.54, 1.807) is 6.92 Å². The maximum Gasteiger partial charge on any atom is 0.416 e. The number of nitrogens with one attached hydrogen (secondary N) is 2. The number of oxime groups is 1. The van der Waals surface area contributed by atoms with E-state index in [1.165, 1.54) is 18.2 Å². The quantitative estimate of drug-likeness (QED) is 0.443. The van der Waals surface area contributed by atoms with Crippen molar-refractivity contribution < 1.29 is 32.0 Å². The van der Waals surface area contributed by atoms with Crippen LogP contribution in [0.3, 0.4) is 0 Å². The van der Waals surface area contributed by atoms with Gasteiger partial charge in [-0.1, -0.05) is 17.3 Å². The lowest BCUT2D eigenvalue weighted by molar-refractivity contribution is -0.137. The molecular weight excluding hydrogens is 382 g/mol. The fraction of sp³-hybridized carbons (Fsp3) is 0.167. The number of amides is 2. The molecule has 2 N–H and O–H groups in total. The van der Waals surface area contributed by atoms with Crippen LogP contribution in [0.4, 0.5) is 28.9 Å². The third kappa shape index (κ3) is 6.38. The summed E-state index contributed by atoms with van der Waals surface area (Å²) in [4.78, 5) is 28.0. The Balaban J connectivity index is 1.82. The summed E-state index contributed by atoms with van der Waals surface area (Å²) < 4.78 is 51.0. The molecule has 0 heterocycles. The van der Waals surface area contributed by atoms with Gasteiger partial charge in [-0.15, -0.1) is 0 Å². The molecule has 0 aliphatic heterocycles. The lowest BCUT2D eigenvalue weighted by Gasteiger charge is -2.08. The van der Waals surface area contributed by atoms with E-state index < -0.39 is 36.0 Å². The highest BCUT2D eigenvalue weighted by atomic mass is 19.4. The smallest absolute Gasteiger partial charge is 0.385 e. The molecule has 0 aliphatic carbocycles. The van der Waals surface area contributed by atoms with Crippen molar-refractivity contribution in [3.05, 3.63) is 59.4 Å². The maximum absolute atomic E-state index is 13.1. The zero-order chi connectivity index (χ0) is 20.7. The first kappa shape index (κ1) is 20.9. The van der Waals surface area contributed by atoms with E-state index in [9.17, 15) is 27.2 Å². The molecule has 0 fully saturated rings. The highest BCUT2D eigenvalue weighted by Crippen LogP contribution is 2.30. The van der Waals surface area contributed by atoms with Crippen LogP contribution in [-0.4, -0.2) is 24.6 Å². The number of alkyl halides is 3. The normalized spacial score (nSPS) is 11.3. The van der Waals surface area contributed by atoms with Crippen molar-refractivity contribution in [2.75, 3.05) is 17.2 Å². The highest BCUT2D eigenvalue weighted by molar-refractivity contribution is 6.31. The number of hydrogen-bond donors (Lipinski definition) is 2. The molecule has 0 unspecified atom stereocenters. The molecule has 6 nitrogen and oxygen atoms in total. The summed E-state index contributed by atoms with van der Waals surface area (Å²) in [5, 5.41) is 7.87. The van der Waals surface area contributed by atoms with Crippen LogP contribution in [0.2, 0.25) is 0 Å². The lowest BCUT2D eigenvalue weighted by Crippen LogP contribution is -2.18. The van der Waals surface area contributed by atoms with Crippen LogP contribution in [0.5, 0.6) is 0 Å². The van der Waals surface area contributed by atoms with Gasteiger partial charge in [-0.25, -0.2) is 4.39 Å². The Morgan fingerprint density at radius 2 is 1.89 bits per heavy atom. The zero-order valence-corrected chi connectivity index (χ0v) is 14.5. The molecule has 0 saturated heterocycles. The molecule has 10 heteroatoms. The molecule has 0 bridgehead atoms. The van der Waals surface area contributed by atoms with E-state index in [1.807, 2.05) is 0 Å². The van der Waals surface area contributed by atoms with Crippen LogP contribution in [0.15, 0.2) is 47.6 Å². The van der Waals surface area contributed by atoms with E-state index in [-0.39, 0.29) is 11.4 Å². The number of aryl methyl sites for hydroxylation is 1. The largest absolute Gasteiger partial charge is 0.416 e. The second-order valence-electron chi connectivity index (χ2n) is 5.58. The Hall–Kier alpha value is -3.43. The monoisotopic (exact) mass is 397 g/mol.